The summed E-state index contributed by atoms with van der Waals surface area (Å²) in [5.74, 6) is -1.44. The maximum absolute atomic E-state index is 12.4. The number of urea groups is 1. The number of esters is 1. The van der Waals surface area contributed by atoms with E-state index in [1.807, 2.05) is 0 Å². The summed E-state index contributed by atoms with van der Waals surface area (Å²) in [7, 11) is 0. The number of hydrogen-bond acceptors (Lipinski definition) is 4. The van der Waals surface area contributed by atoms with Gasteiger partial charge in [0, 0.05) is 18.5 Å². The first-order valence-electron chi connectivity index (χ1n) is 7.44. The van der Waals surface area contributed by atoms with Crippen molar-refractivity contribution >= 4 is 41.1 Å². The number of carbonyl (C=O) groups excluding carboxylic acids is 3. The average molecular weight is 373 g/mol. The SMILES string of the molecule is CCNC(=O)NC(=O)[C@@H](OC(=O)[C@@]1(C)CC1(Cl)Cl)c1ccccc1. The van der Waals surface area contributed by atoms with Crippen molar-refractivity contribution in [2.45, 2.75) is 30.7 Å². The fourth-order valence-electron chi connectivity index (χ4n) is 2.14. The molecule has 0 bridgehead atoms. The molecular formula is C16H18Cl2N2O4. The fraction of sp³-hybridized carbons (Fsp3) is 0.438. The summed E-state index contributed by atoms with van der Waals surface area (Å²) in [5, 5.41) is 4.58. The molecule has 1 saturated carbocycles. The zero-order chi connectivity index (χ0) is 18.0. The first-order valence-corrected chi connectivity index (χ1v) is 8.19. The highest BCUT2D eigenvalue weighted by Gasteiger charge is 2.69. The minimum atomic E-state index is -1.28. The predicted octanol–water partition coefficient (Wildman–Crippen LogP) is 2.70. The Kier molecular flexibility index (Phi) is 5.40. The number of imide groups is 1. The van der Waals surface area contributed by atoms with Crippen molar-refractivity contribution in [2.24, 2.45) is 5.41 Å². The maximum Gasteiger partial charge on any atom is 0.321 e. The summed E-state index contributed by atoms with van der Waals surface area (Å²) in [4.78, 5) is 36.3. The molecule has 0 unspecified atom stereocenters. The number of hydrogen-bond donors (Lipinski definition) is 2. The molecule has 1 aromatic rings. The van der Waals surface area contributed by atoms with Crippen LogP contribution in [0.25, 0.3) is 0 Å². The van der Waals surface area contributed by atoms with Crippen LogP contribution in [0.1, 0.15) is 31.9 Å². The molecule has 8 heteroatoms. The Hall–Kier alpha value is -1.79. The highest BCUT2D eigenvalue weighted by atomic mass is 35.5. The zero-order valence-corrected chi connectivity index (χ0v) is 14.8. The van der Waals surface area contributed by atoms with Crippen molar-refractivity contribution in [3.63, 3.8) is 0 Å². The van der Waals surface area contributed by atoms with Crippen molar-refractivity contribution in [2.75, 3.05) is 6.54 Å². The first kappa shape index (κ1) is 18.5. The van der Waals surface area contributed by atoms with Crippen LogP contribution in [0, 0.1) is 5.41 Å². The van der Waals surface area contributed by atoms with Gasteiger partial charge in [-0.25, -0.2) is 4.79 Å². The summed E-state index contributed by atoms with van der Waals surface area (Å²) in [6.45, 7) is 3.64. The fourth-order valence-corrected chi connectivity index (χ4v) is 2.83. The Morgan fingerprint density at radius 3 is 2.33 bits per heavy atom. The monoisotopic (exact) mass is 372 g/mol. The van der Waals surface area contributed by atoms with Crippen molar-refractivity contribution in [3.05, 3.63) is 35.9 Å². The number of benzene rings is 1. The Morgan fingerprint density at radius 1 is 1.25 bits per heavy atom. The summed E-state index contributed by atoms with van der Waals surface area (Å²) in [5.41, 5.74) is -0.638. The van der Waals surface area contributed by atoms with E-state index in [9.17, 15) is 14.4 Å². The number of ether oxygens (including phenoxy) is 1. The molecule has 1 aliphatic rings. The molecular weight excluding hydrogens is 355 g/mol. The van der Waals surface area contributed by atoms with Gasteiger partial charge in [-0.15, -0.1) is 23.2 Å². The molecule has 0 saturated heterocycles. The maximum atomic E-state index is 12.4. The third kappa shape index (κ3) is 3.82. The van der Waals surface area contributed by atoms with E-state index in [1.165, 1.54) is 0 Å². The molecule has 0 aromatic heterocycles. The normalized spacial score (nSPS) is 22.2. The van der Waals surface area contributed by atoms with Gasteiger partial charge in [0.2, 0.25) is 6.10 Å². The van der Waals surface area contributed by atoms with Gasteiger partial charge < -0.3 is 10.1 Å². The van der Waals surface area contributed by atoms with E-state index in [0.717, 1.165) is 0 Å². The Bertz CT molecular complexity index is 651. The second kappa shape index (κ2) is 6.99. The van der Waals surface area contributed by atoms with Gasteiger partial charge >= 0.3 is 12.0 Å². The third-order valence-electron chi connectivity index (χ3n) is 3.85. The molecule has 1 aromatic carbocycles. The van der Waals surface area contributed by atoms with Crippen LogP contribution in [-0.4, -0.2) is 28.8 Å². The van der Waals surface area contributed by atoms with Crippen LogP contribution in [0.15, 0.2) is 30.3 Å². The van der Waals surface area contributed by atoms with Gasteiger partial charge in [-0.1, -0.05) is 30.3 Å². The van der Waals surface area contributed by atoms with E-state index >= 15 is 0 Å². The molecule has 3 amide bonds. The predicted molar refractivity (Wildman–Crippen MR) is 89.7 cm³/mol. The largest absolute Gasteiger partial charge is 0.447 e. The van der Waals surface area contributed by atoms with Crippen molar-refractivity contribution in [1.82, 2.24) is 10.6 Å². The lowest BCUT2D eigenvalue weighted by atomic mass is 10.1. The van der Waals surface area contributed by atoms with Crippen molar-refractivity contribution < 1.29 is 19.1 Å². The highest BCUT2D eigenvalue weighted by molar-refractivity contribution is 6.53. The van der Waals surface area contributed by atoms with E-state index in [-0.39, 0.29) is 6.42 Å². The van der Waals surface area contributed by atoms with Gasteiger partial charge in [0.05, 0.1) is 0 Å². The Labute approximate surface area is 149 Å². The van der Waals surface area contributed by atoms with Gasteiger partial charge in [-0.2, -0.15) is 0 Å². The standard InChI is InChI=1S/C16H18Cl2N2O4/c1-3-19-14(23)20-12(21)11(10-7-5-4-6-8-10)24-13(22)15(2)9-16(15,17)18/h4-8,11H,3,9H2,1-2H3,(H2,19,20,21,23)/t11-,15+/m0/s1. The molecule has 24 heavy (non-hydrogen) atoms. The second-order valence-corrected chi connectivity index (χ2v) is 7.24. The number of rotatable bonds is 5. The Balaban J connectivity index is 2.17. The van der Waals surface area contributed by atoms with Crippen LogP contribution in [0.5, 0.6) is 0 Å². The summed E-state index contributed by atoms with van der Waals surface area (Å²) in [6, 6.07) is 7.73. The Morgan fingerprint density at radius 2 is 1.83 bits per heavy atom. The molecule has 1 fully saturated rings. The van der Waals surface area contributed by atoms with Crippen LogP contribution < -0.4 is 10.6 Å². The topological polar surface area (TPSA) is 84.5 Å². The van der Waals surface area contributed by atoms with Crippen LogP contribution in [0.2, 0.25) is 0 Å². The van der Waals surface area contributed by atoms with Gasteiger partial charge in [-0.05, 0) is 13.8 Å². The number of nitrogens with one attached hydrogen (secondary N) is 2. The van der Waals surface area contributed by atoms with Gasteiger partial charge in [-0.3, -0.25) is 14.9 Å². The lowest BCUT2D eigenvalue weighted by Gasteiger charge is -2.20. The molecule has 6 nitrogen and oxygen atoms in total. The van der Waals surface area contributed by atoms with Gasteiger partial charge in [0.1, 0.15) is 9.75 Å². The number of alkyl halides is 2. The minimum Gasteiger partial charge on any atom is -0.447 e. The molecule has 2 N–H and O–H groups in total. The van der Waals surface area contributed by atoms with Crippen molar-refractivity contribution in [1.29, 1.82) is 0 Å². The summed E-state index contributed by atoms with van der Waals surface area (Å²) in [6.07, 6.45) is -1.04. The minimum absolute atomic E-state index is 0.237. The van der Waals surface area contributed by atoms with Crippen LogP contribution in [0.4, 0.5) is 4.79 Å². The van der Waals surface area contributed by atoms with Gasteiger partial charge in [0.15, 0.2) is 0 Å². The second-order valence-electron chi connectivity index (χ2n) is 5.76. The van der Waals surface area contributed by atoms with E-state index in [1.54, 1.807) is 44.2 Å². The summed E-state index contributed by atoms with van der Waals surface area (Å²) >= 11 is 12.0. The number of carbonyl (C=O) groups is 3. The molecule has 0 spiro atoms. The highest BCUT2D eigenvalue weighted by Crippen LogP contribution is 2.64. The number of halogens is 2. The zero-order valence-electron chi connectivity index (χ0n) is 13.3. The number of amides is 3. The van der Waals surface area contributed by atoms with Crippen LogP contribution in [-0.2, 0) is 14.3 Å². The van der Waals surface area contributed by atoms with E-state index in [2.05, 4.69) is 10.6 Å². The molecule has 0 aliphatic heterocycles. The first-order chi connectivity index (χ1) is 11.2. The molecule has 2 rings (SSSR count). The van der Waals surface area contributed by atoms with E-state index in [0.29, 0.717) is 12.1 Å². The summed E-state index contributed by atoms with van der Waals surface area (Å²) < 4.78 is 4.13. The van der Waals surface area contributed by atoms with Crippen LogP contribution in [0.3, 0.4) is 0 Å². The van der Waals surface area contributed by atoms with Crippen LogP contribution >= 0.6 is 23.2 Å². The molecule has 0 heterocycles. The lowest BCUT2D eigenvalue weighted by Crippen LogP contribution is -2.43. The molecule has 2 atom stereocenters. The smallest absolute Gasteiger partial charge is 0.321 e. The van der Waals surface area contributed by atoms with Gasteiger partial charge in [0.25, 0.3) is 5.91 Å². The molecule has 130 valence electrons. The van der Waals surface area contributed by atoms with Crippen molar-refractivity contribution in [3.8, 4) is 0 Å². The lowest BCUT2D eigenvalue weighted by molar-refractivity contribution is -0.161. The third-order valence-corrected chi connectivity index (χ3v) is 4.95. The van der Waals surface area contributed by atoms with E-state index < -0.39 is 33.8 Å². The quantitative estimate of drug-likeness (QED) is 0.614. The average Bonchev–Trinajstić information content (AvgIpc) is 3.05. The van der Waals surface area contributed by atoms with E-state index in [4.69, 9.17) is 27.9 Å². The molecule has 0 radical (unpaired) electrons. The molecule has 1 aliphatic carbocycles.